The lowest BCUT2D eigenvalue weighted by molar-refractivity contribution is 0.0182. The molecule has 0 aromatic carbocycles. The Morgan fingerprint density at radius 1 is 1.35 bits per heavy atom. The van der Waals surface area contributed by atoms with Crippen LogP contribution in [0, 0.1) is 5.41 Å². The van der Waals surface area contributed by atoms with Gasteiger partial charge in [-0.25, -0.2) is 4.79 Å². The fourth-order valence-electron chi connectivity index (χ4n) is 2.11. The monoisotopic (exact) mass is 286 g/mol. The SMILES string of the molecule is CC(C)(CO)CNC1CCCN(C(=O)OC(C)(C)C)C1. The lowest BCUT2D eigenvalue weighted by Crippen LogP contribution is -2.51. The van der Waals surface area contributed by atoms with E-state index in [1.807, 2.05) is 34.6 Å². The van der Waals surface area contributed by atoms with Gasteiger partial charge in [-0.1, -0.05) is 13.8 Å². The van der Waals surface area contributed by atoms with E-state index < -0.39 is 5.60 Å². The van der Waals surface area contributed by atoms with Gasteiger partial charge in [0, 0.05) is 37.7 Å². The molecule has 0 saturated carbocycles. The zero-order chi connectivity index (χ0) is 15.4. The molecule has 1 amide bonds. The highest BCUT2D eigenvalue weighted by atomic mass is 16.6. The second kappa shape index (κ2) is 6.76. The first-order valence-corrected chi connectivity index (χ1v) is 7.45. The van der Waals surface area contributed by atoms with Crippen molar-refractivity contribution in [1.82, 2.24) is 10.2 Å². The van der Waals surface area contributed by atoms with E-state index in [9.17, 15) is 9.90 Å². The minimum atomic E-state index is -0.448. The van der Waals surface area contributed by atoms with E-state index in [0.29, 0.717) is 6.54 Å². The molecule has 0 bridgehead atoms. The Bertz CT molecular complexity index is 324. The third-order valence-electron chi connectivity index (χ3n) is 3.37. The molecule has 0 spiro atoms. The molecule has 0 aromatic heterocycles. The second-order valence-electron chi connectivity index (χ2n) is 7.47. The molecule has 118 valence electrons. The number of aliphatic hydroxyl groups excluding tert-OH is 1. The summed E-state index contributed by atoms with van der Waals surface area (Å²) in [5.41, 5.74) is -0.579. The fraction of sp³-hybridized carbons (Fsp3) is 0.933. The number of piperidine rings is 1. The molecular weight excluding hydrogens is 256 g/mol. The van der Waals surface area contributed by atoms with Crippen molar-refractivity contribution in [2.75, 3.05) is 26.2 Å². The van der Waals surface area contributed by atoms with E-state index in [1.54, 1.807) is 4.90 Å². The Hall–Kier alpha value is -0.810. The van der Waals surface area contributed by atoms with E-state index in [0.717, 1.165) is 25.9 Å². The van der Waals surface area contributed by atoms with Gasteiger partial charge in [0.15, 0.2) is 0 Å². The summed E-state index contributed by atoms with van der Waals surface area (Å²) in [6.45, 7) is 12.0. The molecule has 1 saturated heterocycles. The highest BCUT2D eigenvalue weighted by Gasteiger charge is 2.28. The normalized spacial score (nSPS) is 20.9. The van der Waals surface area contributed by atoms with Crippen molar-refractivity contribution in [2.45, 2.75) is 59.1 Å². The standard InChI is InChI=1S/C15H30N2O3/c1-14(2,3)20-13(19)17-8-6-7-12(9-17)16-10-15(4,5)11-18/h12,16,18H,6-11H2,1-5H3. The van der Waals surface area contributed by atoms with Crippen LogP contribution < -0.4 is 5.32 Å². The lowest BCUT2D eigenvalue weighted by Gasteiger charge is -2.36. The van der Waals surface area contributed by atoms with Crippen LogP contribution in [0.1, 0.15) is 47.5 Å². The van der Waals surface area contributed by atoms with Gasteiger partial charge in [0.05, 0.1) is 0 Å². The molecule has 0 aliphatic carbocycles. The van der Waals surface area contributed by atoms with Gasteiger partial charge in [0.25, 0.3) is 0 Å². The number of ether oxygens (including phenoxy) is 1. The Morgan fingerprint density at radius 2 is 2.00 bits per heavy atom. The number of carbonyl (C=O) groups excluding carboxylic acids is 1. The predicted molar refractivity (Wildman–Crippen MR) is 79.7 cm³/mol. The number of nitrogens with zero attached hydrogens (tertiary/aromatic N) is 1. The number of aliphatic hydroxyl groups is 1. The summed E-state index contributed by atoms with van der Waals surface area (Å²) in [4.78, 5) is 13.8. The van der Waals surface area contributed by atoms with Crippen LogP contribution in [0.15, 0.2) is 0 Å². The van der Waals surface area contributed by atoms with Gasteiger partial charge in [0.2, 0.25) is 0 Å². The smallest absolute Gasteiger partial charge is 0.410 e. The molecule has 1 rings (SSSR count). The molecule has 1 heterocycles. The summed E-state index contributed by atoms with van der Waals surface area (Å²) in [6.07, 6.45) is 1.81. The first kappa shape index (κ1) is 17.2. The van der Waals surface area contributed by atoms with E-state index in [-0.39, 0.29) is 24.2 Å². The Balaban J connectivity index is 2.44. The minimum absolute atomic E-state index is 0.131. The third-order valence-corrected chi connectivity index (χ3v) is 3.37. The molecule has 1 aliphatic heterocycles. The van der Waals surface area contributed by atoms with E-state index in [4.69, 9.17) is 4.74 Å². The first-order chi connectivity index (χ1) is 9.13. The fourth-order valence-corrected chi connectivity index (χ4v) is 2.11. The van der Waals surface area contributed by atoms with Gasteiger partial charge in [-0.05, 0) is 33.6 Å². The van der Waals surface area contributed by atoms with Gasteiger partial charge in [0.1, 0.15) is 5.60 Å². The number of hydrogen-bond acceptors (Lipinski definition) is 4. The van der Waals surface area contributed by atoms with Crippen LogP contribution in [0.3, 0.4) is 0 Å². The molecule has 0 aromatic rings. The minimum Gasteiger partial charge on any atom is -0.444 e. The molecule has 5 nitrogen and oxygen atoms in total. The van der Waals surface area contributed by atoms with E-state index in [1.165, 1.54) is 0 Å². The number of carbonyl (C=O) groups is 1. The second-order valence-corrected chi connectivity index (χ2v) is 7.47. The maximum Gasteiger partial charge on any atom is 0.410 e. The van der Waals surface area contributed by atoms with E-state index >= 15 is 0 Å². The maximum absolute atomic E-state index is 12.1. The van der Waals surface area contributed by atoms with Crippen molar-refractivity contribution >= 4 is 6.09 Å². The lowest BCUT2D eigenvalue weighted by atomic mass is 9.94. The first-order valence-electron chi connectivity index (χ1n) is 7.45. The number of nitrogens with one attached hydrogen (secondary N) is 1. The van der Waals surface area contributed by atoms with Crippen molar-refractivity contribution in [3.8, 4) is 0 Å². The van der Waals surface area contributed by atoms with Crippen molar-refractivity contribution in [3.63, 3.8) is 0 Å². The van der Waals surface area contributed by atoms with Crippen molar-refractivity contribution < 1.29 is 14.6 Å². The Morgan fingerprint density at radius 3 is 2.55 bits per heavy atom. The average molecular weight is 286 g/mol. The van der Waals surface area contributed by atoms with Gasteiger partial charge < -0.3 is 20.1 Å². The summed E-state index contributed by atoms with van der Waals surface area (Å²) < 4.78 is 5.41. The summed E-state index contributed by atoms with van der Waals surface area (Å²) in [5.74, 6) is 0. The van der Waals surface area contributed by atoms with Crippen molar-refractivity contribution in [3.05, 3.63) is 0 Å². The summed E-state index contributed by atoms with van der Waals surface area (Å²) in [5, 5.41) is 12.7. The van der Waals surface area contributed by atoms with Crippen LogP contribution in [0.4, 0.5) is 4.79 Å². The van der Waals surface area contributed by atoms with Crippen LogP contribution in [0.2, 0.25) is 0 Å². The Kier molecular flexibility index (Phi) is 5.83. The molecule has 1 fully saturated rings. The summed E-state index contributed by atoms with van der Waals surface area (Å²) in [7, 11) is 0. The molecular formula is C15H30N2O3. The molecule has 20 heavy (non-hydrogen) atoms. The highest BCUT2D eigenvalue weighted by molar-refractivity contribution is 5.68. The quantitative estimate of drug-likeness (QED) is 0.830. The van der Waals surface area contributed by atoms with Gasteiger partial charge in [-0.2, -0.15) is 0 Å². The third kappa shape index (κ3) is 6.09. The molecule has 1 unspecified atom stereocenters. The summed E-state index contributed by atoms with van der Waals surface area (Å²) in [6, 6.07) is 0.280. The number of amides is 1. The average Bonchev–Trinajstić information content (AvgIpc) is 2.35. The molecule has 5 heteroatoms. The van der Waals surface area contributed by atoms with E-state index in [2.05, 4.69) is 5.32 Å². The van der Waals surface area contributed by atoms with Crippen molar-refractivity contribution in [2.24, 2.45) is 5.41 Å². The number of likely N-dealkylation sites (tertiary alicyclic amines) is 1. The number of rotatable bonds is 4. The predicted octanol–water partition coefficient (Wildman–Crippen LogP) is 1.99. The molecule has 0 radical (unpaired) electrons. The van der Waals surface area contributed by atoms with Crippen LogP contribution in [0.25, 0.3) is 0 Å². The van der Waals surface area contributed by atoms with Crippen LogP contribution >= 0.6 is 0 Å². The molecule has 1 atom stereocenters. The largest absolute Gasteiger partial charge is 0.444 e. The topological polar surface area (TPSA) is 61.8 Å². The number of hydrogen-bond donors (Lipinski definition) is 2. The zero-order valence-electron chi connectivity index (χ0n) is 13.5. The van der Waals surface area contributed by atoms with Crippen LogP contribution in [0.5, 0.6) is 0 Å². The Labute approximate surface area is 122 Å². The zero-order valence-corrected chi connectivity index (χ0v) is 13.5. The highest BCUT2D eigenvalue weighted by Crippen LogP contribution is 2.17. The summed E-state index contributed by atoms with van der Waals surface area (Å²) >= 11 is 0. The van der Waals surface area contributed by atoms with Gasteiger partial charge in [-0.3, -0.25) is 0 Å². The van der Waals surface area contributed by atoms with Crippen LogP contribution in [-0.4, -0.2) is 54.0 Å². The maximum atomic E-state index is 12.1. The molecule has 2 N–H and O–H groups in total. The van der Waals surface area contributed by atoms with Gasteiger partial charge in [-0.15, -0.1) is 0 Å². The van der Waals surface area contributed by atoms with Gasteiger partial charge >= 0.3 is 6.09 Å². The van der Waals surface area contributed by atoms with Crippen LogP contribution in [-0.2, 0) is 4.74 Å². The molecule has 1 aliphatic rings. The van der Waals surface area contributed by atoms with Crippen molar-refractivity contribution in [1.29, 1.82) is 0 Å².